The van der Waals surface area contributed by atoms with Crippen molar-refractivity contribution in [2.45, 2.75) is 6.42 Å². The predicted octanol–water partition coefficient (Wildman–Crippen LogP) is 4.77. The fraction of sp³-hybridized carbons (Fsp3) is 0.250. The highest BCUT2D eigenvalue weighted by atomic mass is 16.5. The molecule has 0 amide bonds. The third kappa shape index (κ3) is 4.28. The fourth-order valence-corrected chi connectivity index (χ4v) is 3.49. The van der Waals surface area contributed by atoms with Crippen molar-refractivity contribution in [2.24, 2.45) is 0 Å². The van der Waals surface area contributed by atoms with Crippen LogP contribution in [0.1, 0.15) is 6.42 Å². The summed E-state index contributed by atoms with van der Waals surface area (Å²) in [5, 5.41) is 1.14. The number of pyridine rings is 2. The number of anilines is 1. The van der Waals surface area contributed by atoms with Crippen LogP contribution in [0.4, 0.5) is 5.82 Å². The number of ether oxygens (including phenoxy) is 2. The molecule has 3 aromatic heterocycles. The van der Waals surface area contributed by atoms with Crippen LogP contribution in [0.3, 0.4) is 0 Å². The molecule has 0 bridgehead atoms. The van der Waals surface area contributed by atoms with Gasteiger partial charge in [0.15, 0.2) is 0 Å². The second-order valence-electron chi connectivity index (χ2n) is 7.27. The molecule has 0 spiro atoms. The first-order valence-corrected chi connectivity index (χ1v) is 9.96. The van der Waals surface area contributed by atoms with Crippen molar-refractivity contribution in [3.63, 3.8) is 0 Å². The molecule has 0 aliphatic rings. The van der Waals surface area contributed by atoms with E-state index in [4.69, 9.17) is 9.47 Å². The Morgan fingerprint density at radius 1 is 0.933 bits per heavy atom. The van der Waals surface area contributed by atoms with Gasteiger partial charge in [0.2, 0.25) is 0 Å². The lowest BCUT2D eigenvalue weighted by Crippen LogP contribution is -2.20. The second-order valence-corrected chi connectivity index (χ2v) is 7.27. The molecule has 0 fully saturated rings. The number of fused-ring (bicyclic) bond motifs is 1. The second kappa shape index (κ2) is 8.97. The van der Waals surface area contributed by atoms with Gasteiger partial charge in [-0.05, 0) is 48.4 Å². The van der Waals surface area contributed by atoms with Gasteiger partial charge in [0, 0.05) is 67.4 Å². The zero-order valence-electron chi connectivity index (χ0n) is 17.6. The molecule has 0 atom stereocenters. The van der Waals surface area contributed by atoms with E-state index in [0.717, 1.165) is 64.4 Å². The smallest absolute Gasteiger partial charge is 0.137 e. The Labute approximate surface area is 176 Å². The molecular formula is C24H26N4O2. The third-order valence-electron chi connectivity index (χ3n) is 5.19. The Bertz CT molecular complexity index is 1120. The molecule has 1 aromatic carbocycles. The summed E-state index contributed by atoms with van der Waals surface area (Å²) in [5.41, 5.74) is 5.33. The van der Waals surface area contributed by atoms with Crippen LogP contribution in [-0.2, 0) is 4.74 Å². The summed E-state index contributed by atoms with van der Waals surface area (Å²) in [6.45, 7) is 1.67. The van der Waals surface area contributed by atoms with Crippen LogP contribution in [-0.4, -0.2) is 49.4 Å². The number of hydrogen-bond donors (Lipinski definition) is 1. The van der Waals surface area contributed by atoms with Crippen LogP contribution in [0.2, 0.25) is 0 Å². The average Bonchev–Trinajstić information content (AvgIpc) is 3.23. The number of benzene rings is 1. The van der Waals surface area contributed by atoms with E-state index in [1.807, 2.05) is 18.5 Å². The predicted molar refractivity (Wildman–Crippen MR) is 121 cm³/mol. The summed E-state index contributed by atoms with van der Waals surface area (Å²) in [7, 11) is 5.43. The maximum absolute atomic E-state index is 5.29. The minimum Gasteiger partial charge on any atom is -0.495 e. The molecule has 6 nitrogen and oxygen atoms in total. The maximum Gasteiger partial charge on any atom is 0.137 e. The lowest BCUT2D eigenvalue weighted by atomic mass is 10.1. The summed E-state index contributed by atoms with van der Waals surface area (Å²) in [4.78, 5) is 14.5. The molecule has 154 valence electrons. The van der Waals surface area contributed by atoms with Gasteiger partial charge < -0.3 is 19.4 Å². The van der Waals surface area contributed by atoms with E-state index >= 15 is 0 Å². The fourth-order valence-electron chi connectivity index (χ4n) is 3.49. The molecule has 0 saturated heterocycles. The van der Waals surface area contributed by atoms with Gasteiger partial charge in [0.1, 0.15) is 11.6 Å². The first-order chi connectivity index (χ1) is 14.7. The van der Waals surface area contributed by atoms with Crippen molar-refractivity contribution >= 4 is 16.7 Å². The van der Waals surface area contributed by atoms with Crippen molar-refractivity contribution in [1.29, 1.82) is 0 Å². The Kier molecular flexibility index (Phi) is 5.95. The molecule has 0 radical (unpaired) electrons. The lowest BCUT2D eigenvalue weighted by molar-refractivity contribution is 0.196. The minimum absolute atomic E-state index is 0.751. The molecular weight excluding hydrogens is 376 g/mol. The molecule has 0 aliphatic heterocycles. The summed E-state index contributed by atoms with van der Waals surface area (Å²) >= 11 is 0. The van der Waals surface area contributed by atoms with Gasteiger partial charge in [-0.1, -0.05) is 6.07 Å². The molecule has 3 heterocycles. The zero-order valence-corrected chi connectivity index (χ0v) is 17.6. The van der Waals surface area contributed by atoms with E-state index in [2.05, 4.69) is 63.3 Å². The van der Waals surface area contributed by atoms with Crippen molar-refractivity contribution in [2.75, 3.05) is 39.3 Å². The van der Waals surface area contributed by atoms with E-state index in [1.165, 1.54) is 0 Å². The normalized spacial score (nSPS) is 11.0. The Morgan fingerprint density at radius 2 is 1.80 bits per heavy atom. The number of methoxy groups -OCH3 is 2. The highest BCUT2D eigenvalue weighted by molar-refractivity contribution is 5.89. The van der Waals surface area contributed by atoms with Gasteiger partial charge in [0.05, 0.1) is 13.3 Å². The largest absolute Gasteiger partial charge is 0.495 e. The summed E-state index contributed by atoms with van der Waals surface area (Å²) < 4.78 is 10.4. The highest BCUT2D eigenvalue weighted by Gasteiger charge is 2.08. The van der Waals surface area contributed by atoms with Crippen molar-refractivity contribution in [1.82, 2.24) is 15.0 Å². The number of H-pyrrole nitrogens is 1. The summed E-state index contributed by atoms with van der Waals surface area (Å²) in [5.74, 6) is 1.71. The number of aromatic nitrogens is 3. The van der Waals surface area contributed by atoms with E-state index < -0.39 is 0 Å². The van der Waals surface area contributed by atoms with Crippen LogP contribution in [0.25, 0.3) is 33.3 Å². The van der Waals surface area contributed by atoms with E-state index in [1.54, 1.807) is 20.4 Å². The number of nitrogens with zero attached hydrogens (tertiary/aromatic N) is 3. The van der Waals surface area contributed by atoms with Gasteiger partial charge in [-0.3, -0.25) is 4.98 Å². The topological polar surface area (TPSA) is 63.3 Å². The van der Waals surface area contributed by atoms with Crippen LogP contribution in [0.15, 0.2) is 61.1 Å². The highest BCUT2D eigenvalue weighted by Crippen LogP contribution is 2.29. The Hall–Kier alpha value is -3.38. The first-order valence-electron chi connectivity index (χ1n) is 9.96. The minimum atomic E-state index is 0.751. The van der Waals surface area contributed by atoms with E-state index in [-0.39, 0.29) is 0 Å². The van der Waals surface area contributed by atoms with E-state index in [0.29, 0.717) is 0 Å². The summed E-state index contributed by atoms with van der Waals surface area (Å²) in [6.07, 6.45) is 6.45. The SMILES string of the molecule is COCCCN(C)c1ccc(-c2cc3cc(-c4cncc(OC)c4)ccc3[nH]2)cn1. The van der Waals surface area contributed by atoms with Crippen LogP contribution < -0.4 is 9.64 Å². The maximum atomic E-state index is 5.29. The molecule has 4 aromatic rings. The van der Waals surface area contributed by atoms with Crippen LogP contribution >= 0.6 is 0 Å². The molecule has 6 heteroatoms. The average molecular weight is 402 g/mol. The molecule has 1 N–H and O–H groups in total. The lowest BCUT2D eigenvalue weighted by Gasteiger charge is -2.17. The monoisotopic (exact) mass is 402 g/mol. The zero-order chi connectivity index (χ0) is 20.9. The Morgan fingerprint density at radius 3 is 2.57 bits per heavy atom. The van der Waals surface area contributed by atoms with Gasteiger partial charge >= 0.3 is 0 Å². The summed E-state index contributed by atoms with van der Waals surface area (Å²) in [6, 6.07) is 14.7. The van der Waals surface area contributed by atoms with Gasteiger partial charge in [-0.2, -0.15) is 0 Å². The molecule has 0 saturated carbocycles. The molecule has 0 aliphatic carbocycles. The van der Waals surface area contributed by atoms with E-state index in [9.17, 15) is 0 Å². The van der Waals surface area contributed by atoms with Crippen molar-refractivity contribution < 1.29 is 9.47 Å². The van der Waals surface area contributed by atoms with Crippen LogP contribution in [0.5, 0.6) is 5.75 Å². The van der Waals surface area contributed by atoms with Crippen molar-refractivity contribution in [3.05, 3.63) is 61.1 Å². The molecule has 30 heavy (non-hydrogen) atoms. The molecule has 0 unspecified atom stereocenters. The quantitative estimate of drug-likeness (QED) is 0.430. The van der Waals surface area contributed by atoms with Gasteiger partial charge in [0.25, 0.3) is 0 Å². The Balaban J connectivity index is 1.56. The van der Waals surface area contributed by atoms with Crippen LogP contribution in [0, 0.1) is 0 Å². The van der Waals surface area contributed by atoms with Gasteiger partial charge in [-0.15, -0.1) is 0 Å². The standard InChI is InChI=1S/C24H26N4O2/c1-28(9-4-10-29-2)24-8-6-18(15-26-24)23-13-19-11-17(5-7-22(19)27-23)20-12-21(30-3)16-25-14-20/h5-8,11-16,27H,4,9-10H2,1-3H3. The van der Waals surface area contributed by atoms with Crippen molar-refractivity contribution in [3.8, 4) is 28.1 Å². The number of nitrogens with one attached hydrogen (secondary N) is 1. The first kappa shape index (κ1) is 19.9. The molecule has 4 rings (SSSR count). The third-order valence-corrected chi connectivity index (χ3v) is 5.19. The number of hydrogen-bond acceptors (Lipinski definition) is 5. The number of rotatable bonds is 8. The van der Waals surface area contributed by atoms with Gasteiger partial charge in [-0.25, -0.2) is 4.98 Å². The number of aromatic amines is 1.